The first-order valence-electron chi connectivity index (χ1n) is 1.85. The van der Waals surface area contributed by atoms with Crippen LogP contribution in [0.5, 0.6) is 0 Å². The molecule has 0 aromatic carbocycles. The molecule has 0 unspecified atom stereocenters. The van der Waals surface area contributed by atoms with Crippen molar-refractivity contribution in [2.45, 2.75) is 0 Å². The Labute approximate surface area is 49.9 Å². The van der Waals surface area contributed by atoms with E-state index in [2.05, 4.69) is 0 Å². The van der Waals surface area contributed by atoms with Gasteiger partial charge in [0.1, 0.15) is 6.29 Å². The summed E-state index contributed by atoms with van der Waals surface area (Å²) in [5.74, 6) is 0. The molecular weight excluding hydrogens is 114 g/mol. The van der Waals surface area contributed by atoms with Gasteiger partial charge in [-0.1, -0.05) is 0 Å². The van der Waals surface area contributed by atoms with E-state index in [1.807, 2.05) is 19.0 Å². The van der Waals surface area contributed by atoms with Gasteiger partial charge in [-0.2, -0.15) is 0 Å². The molecule has 0 aromatic heterocycles. The van der Waals surface area contributed by atoms with Crippen molar-refractivity contribution in [3.05, 3.63) is 0 Å². The quantitative estimate of drug-likeness (QED) is 0.488. The summed E-state index contributed by atoms with van der Waals surface area (Å²) in [5, 5.41) is 0. The molecule has 7 heavy (non-hydrogen) atoms. The summed E-state index contributed by atoms with van der Waals surface area (Å²) in [4.78, 5) is 11.4. The van der Waals surface area contributed by atoms with E-state index in [4.69, 9.17) is 0 Å². The van der Waals surface area contributed by atoms with E-state index in [9.17, 15) is 4.79 Å². The van der Waals surface area contributed by atoms with E-state index in [0.29, 0.717) is 6.54 Å². The van der Waals surface area contributed by atoms with Gasteiger partial charge >= 0.3 is 0 Å². The third kappa shape index (κ3) is 10.7. The molecule has 0 saturated carbocycles. The highest BCUT2D eigenvalue weighted by atomic mass is 35.5. The molecule has 0 fully saturated rings. The van der Waals surface area contributed by atoms with Crippen molar-refractivity contribution >= 4 is 18.7 Å². The molecule has 44 valence electrons. The van der Waals surface area contributed by atoms with Crippen LogP contribution in [0.25, 0.3) is 0 Å². The predicted octanol–water partition coefficient (Wildman–Crippen LogP) is 0.169. The molecule has 0 heterocycles. The molecule has 0 rings (SSSR count). The minimum atomic E-state index is 0. The number of halogens is 1. The molecule has 0 bridgehead atoms. The summed E-state index contributed by atoms with van der Waals surface area (Å²) >= 11 is 0. The number of hydrogen-bond donors (Lipinski definition) is 0. The first-order chi connectivity index (χ1) is 2.77. The molecule has 2 nitrogen and oxygen atoms in total. The Morgan fingerprint density at radius 3 is 2.00 bits per heavy atom. The van der Waals surface area contributed by atoms with Crippen LogP contribution >= 0.6 is 12.4 Å². The van der Waals surface area contributed by atoms with Gasteiger partial charge in [-0.3, -0.25) is 0 Å². The summed E-state index contributed by atoms with van der Waals surface area (Å²) in [6, 6.07) is 0. The average Bonchev–Trinajstić information content (AvgIpc) is 1.35. The summed E-state index contributed by atoms with van der Waals surface area (Å²) in [6.45, 7) is 0.528. The first kappa shape index (κ1) is 10.0. The number of nitrogens with zero attached hydrogens (tertiary/aromatic N) is 1. The highest BCUT2D eigenvalue weighted by Crippen LogP contribution is 1.62. The van der Waals surface area contributed by atoms with Crippen LogP contribution in [0.1, 0.15) is 0 Å². The van der Waals surface area contributed by atoms with Crippen molar-refractivity contribution in [2.24, 2.45) is 0 Å². The lowest BCUT2D eigenvalue weighted by atomic mass is 10.7. The van der Waals surface area contributed by atoms with Crippen LogP contribution in [0.2, 0.25) is 0 Å². The van der Waals surface area contributed by atoms with Crippen LogP contribution in [0.4, 0.5) is 0 Å². The third-order valence-corrected chi connectivity index (χ3v) is 0.440. The zero-order chi connectivity index (χ0) is 4.99. The van der Waals surface area contributed by atoms with E-state index in [1.54, 1.807) is 0 Å². The molecule has 0 amide bonds. The Bertz CT molecular complexity index is 47.0. The highest BCUT2D eigenvalue weighted by Gasteiger charge is 1.79. The largest absolute Gasteiger partial charge is 0.303 e. The van der Waals surface area contributed by atoms with Crippen LogP contribution in [-0.2, 0) is 4.79 Å². The Morgan fingerprint density at radius 2 is 2.00 bits per heavy atom. The van der Waals surface area contributed by atoms with Gasteiger partial charge in [0.15, 0.2) is 0 Å². The van der Waals surface area contributed by atoms with Gasteiger partial charge in [0.25, 0.3) is 0 Å². The third-order valence-electron chi connectivity index (χ3n) is 0.440. The van der Waals surface area contributed by atoms with Gasteiger partial charge in [-0.25, -0.2) is 0 Å². The molecule has 0 spiro atoms. The summed E-state index contributed by atoms with van der Waals surface area (Å²) < 4.78 is 0. The van der Waals surface area contributed by atoms with Gasteiger partial charge in [0, 0.05) is 0 Å². The van der Waals surface area contributed by atoms with Gasteiger partial charge < -0.3 is 9.69 Å². The molecule has 3 heteroatoms. The van der Waals surface area contributed by atoms with Gasteiger partial charge in [-0.15, -0.1) is 12.4 Å². The predicted molar refractivity (Wildman–Crippen MR) is 31.9 cm³/mol. The normalized spacial score (nSPS) is 7.86. The lowest BCUT2D eigenvalue weighted by Gasteiger charge is -1.99. The second-order valence-corrected chi connectivity index (χ2v) is 1.43. The van der Waals surface area contributed by atoms with Crippen molar-refractivity contribution in [3.63, 3.8) is 0 Å². The molecule has 0 aliphatic rings. The molecule has 0 aliphatic heterocycles. The Kier molecular flexibility index (Phi) is 8.47. The summed E-state index contributed by atoms with van der Waals surface area (Å²) in [5.41, 5.74) is 0. The molecule has 0 aliphatic carbocycles. The molecule has 0 aromatic rings. The molecule has 0 saturated heterocycles. The minimum absolute atomic E-state index is 0. The van der Waals surface area contributed by atoms with Crippen LogP contribution in [-0.4, -0.2) is 31.8 Å². The van der Waals surface area contributed by atoms with Crippen LogP contribution in [0, 0.1) is 0 Å². The lowest BCUT2D eigenvalue weighted by Crippen LogP contribution is -2.13. The monoisotopic (exact) mass is 123 g/mol. The smallest absolute Gasteiger partial charge is 0.133 e. The Morgan fingerprint density at radius 1 is 1.57 bits per heavy atom. The van der Waals surface area contributed by atoms with Crippen molar-refractivity contribution in [1.82, 2.24) is 4.90 Å². The average molecular weight is 124 g/mol. The first-order valence-corrected chi connectivity index (χ1v) is 1.85. The second-order valence-electron chi connectivity index (χ2n) is 1.43. The zero-order valence-electron chi connectivity index (χ0n) is 4.55. The Balaban J connectivity index is 0. The van der Waals surface area contributed by atoms with E-state index < -0.39 is 0 Å². The van der Waals surface area contributed by atoms with E-state index in [0.717, 1.165) is 6.29 Å². The van der Waals surface area contributed by atoms with Crippen molar-refractivity contribution in [3.8, 4) is 0 Å². The maximum atomic E-state index is 9.57. The maximum Gasteiger partial charge on any atom is 0.133 e. The highest BCUT2D eigenvalue weighted by molar-refractivity contribution is 5.85. The van der Waals surface area contributed by atoms with Crippen LogP contribution in [0.15, 0.2) is 0 Å². The summed E-state index contributed by atoms with van der Waals surface area (Å²) in [6.07, 6.45) is 0.875. The fourth-order valence-corrected chi connectivity index (χ4v) is 0.149. The fraction of sp³-hybridized carbons (Fsp3) is 0.750. The molecular formula is C4H10ClNO. The lowest BCUT2D eigenvalue weighted by molar-refractivity contribution is -0.108. The topological polar surface area (TPSA) is 20.3 Å². The second kappa shape index (κ2) is 5.92. The van der Waals surface area contributed by atoms with Crippen molar-refractivity contribution in [1.29, 1.82) is 0 Å². The number of rotatable bonds is 2. The van der Waals surface area contributed by atoms with Crippen LogP contribution in [0.3, 0.4) is 0 Å². The number of carbonyl (C=O) groups is 1. The Hall–Kier alpha value is -0.0800. The molecule has 0 N–H and O–H groups in total. The van der Waals surface area contributed by atoms with Crippen LogP contribution < -0.4 is 0 Å². The van der Waals surface area contributed by atoms with Gasteiger partial charge in [-0.05, 0) is 14.1 Å². The molecule has 0 radical (unpaired) electrons. The van der Waals surface area contributed by atoms with Crippen molar-refractivity contribution in [2.75, 3.05) is 20.6 Å². The number of likely N-dealkylation sites (N-methyl/N-ethyl adjacent to an activating group) is 1. The SMILES string of the molecule is CN(C)CC=O.Cl. The number of hydrogen-bond acceptors (Lipinski definition) is 2. The minimum Gasteiger partial charge on any atom is -0.303 e. The fourth-order valence-electron chi connectivity index (χ4n) is 0.149. The summed E-state index contributed by atoms with van der Waals surface area (Å²) in [7, 11) is 3.71. The van der Waals surface area contributed by atoms with E-state index in [-0.39, 0.29) is 12.4 Å². The van der Waals surface area contributed by atoms with E-state index >= 15 is 0 Å². The maximum absolute atomic E-state index is 9.57. The van der Waals surface area contributed by atoms with Gasteiger partial charge in [0.2, 0.25) is 0 Å². The number of aldehydes is 1. The molecule has 0 atom stereocenters. The van der Waals surface area contributed by atoms with Crippen molar-refractivity contribution < 1.29 is 4.79 Å². The zero-order valence-corrected chi connectivity index (χ0v) is 5.36. The number of carbonyl (C=O) groups excluding carboxylic acids is 1. The van der Waals surface area contributed by atoms with Gasteiger partial charge in [0.05, 0.1) is 6.54 Å². The standard InChI is InChI=1S/C4H9NO.ClH/c1-5(2)3-4-6;/h4H,3H2,1-2H3;1H. The van der Waals surface area contributed by atoms with E-state index in [1.165, 1.54) is 0 Å².